The van der Waals surface area contributed by atoms with Crippen LogP contribution in [0.25, 0.3) is 0 Å². The van der Waals surface area contributed by atoms with Gasteiger partial charge in [0.25, 0.3) is 5.91 Å². The van der Waals surface area contributed by atoms with Crippen molar-refractivity contribution in [2.75, 3.05) is 18.4 Å². The van der Waals surface area contributed by atoms with Crippen molar-refractivity contribution >= 4 is 17.5 Å². The number of carbonyl (C=O) groups is 2. The van der Waals surface area contributed by atoms with Gasteiger partial charge in [-0.3, -0.25) is 9.59 Å². The molecule has 0 aromatic heterocycles. The first-order valence-corrected chi connectivity index (χ1v) is 7.22. The summed E-state index contributed by atoms with van der Waals surface area (Å²) in [7, 11) is 0. The number of nitrogens with zero attached hydrogens (tertiary/aromatic N) is 1. The molecular formula is C16H23N3O2. The van der Waals surface area contributed by atoms with E-state index in [4.69, 9.17) is 0 Å². The van der Waals surface area contributed by atoms with Gasteiger partial charge in [-0.1, -0.05) is 6.07 Å². The zero-order valence-electron chi connectivity index (χ0n) is 13.1. The smallest absolute Gasteiger partial charge is 0.254 e. The third-order valence-electron chi connectivity index (χ3n) is 3.66. The Morgan fingerprint density at radius 2 is 2.10 bits per heavy atom. The quantitative estimate of drug-likeness (QED) is 0.873. The SMILES string of the molecule is CC(=O)Nc1cccc(C(=O)N2CC(C)(C)NCC2C)c1. The molecule has 2 rings (SSSR count). The van der Waals surface area contributed by atoms with Crippen LogP contribution in [-0.2, 0) is 4.79 Å². The van der Waals surface area contributed by atoms with E-state index in [2.05, 4.69) is 24.5 Å². The minimum absolute atomic E-state index is 0.00396. The minimum atomic E-state index is -0.142. The summed E-state index contributed by atoms with van der Waals surface area (Å²) in [6.45, 7) is 9.12. The highest BCUT2D eigenvalue weighted by molar-refractivity contribution is 5.97. The first kappa shape index (κ1) is 15.5. The molecule has 1 unspecified atom stereocenters. The predicted molar refractivity (Wildman–Crippen MR) is 83.3 cm³/mol. The lowest BCUT2D eigenvalue weighted by Crippen LogP contribution is -2.62. The van der Waals surface area contributed by atoms with E-state index in [1.807, 2.05) is 11.8 Å². The lowest BCUT2D eigenvalue weighted by molar-refractivity contribution is -0.114. The predicted octanol–water partition coefficient (Wildman–Crippen LogP) is 1.86. The van der Waals surface area contributed by atoms with Crippen molar-refractivity contribution in [3.8, 4) is 0 Å². The molecule has 2 amide bonds. The summed E-state index contributed by atoms with van der Waals surface area (Å²) in [5.41, 5.74) is 1.17. The van der Waals surface area contributed by atoms with Crippen LogP contribution in [-0.4, -0.2) is 41.4 Å². The molecule has 5 heteroatoms. The molecule has 0 spiro atoms. The van der Waals surface area contributed by atoms with Crippen LogP contribution in [0.15, 0.2) is 24.3 Å². The van der Waals surface area contributed by atoms with Crippen molar-refractivity contribution in [1.82, 2.24) is 10.2 Å². The fraction of sp³-hybridized carbons (Fsp3) is 0.500. The number of anilines is 1. The Morgan fingerprint density at radius 3 is 2.76 bits per heavy atom. The molecule has 1 atom stereocenters. The number of hydrogen-bond donors (Lipinski definition) is 2. The van der Waals surface area contributed by atoms with Crippen LogP contribution < -0.4 is 10.6 Å². The molecule has 114 valence electrons. The highest BCUT2D eigenvalue weighted by atomic mass is 16.2. The molecule has 5 nitrogen and oxygen atoms in total. The van der Waals surface area contributed by atoms with Gasteiger partial charge < -0.3 is 15.5 Å². The van der Waals surface area contributed by atoms with Crippen molar-refractivity contribution < 1.29 is 9.59 Å². The van der Waals surface area contributed by atoms with Gasteiger partial charge in [0.2, 0.25) is 5.91 Å². The molecule has 1 aromatic rings. The van der Waals surface area contributed by atoms with Gasteiger partial charge in [0.05, 0.1) is 0 Å². The monoisotopic (exact) mass is 289 g/mol. The Labute approximate surface area is 125 Å². The van der Waals surface area contributed by atoms with Crippen LogP contribution in [0.4, 0.5) is 5.69 Å². The normalized spacial score (nSPS) is 21.0. The molecule has 0 saturated carbocycles. The second-order valence-corrected chi connectivity index (χ2v) is 6.31. The van der Waals surface area contributed by atoms with Crippen LogP contribution in [0.2, 0.25) is 0 Å². The van der Waals surface area contributed by atoms with Crippen molar-refractivity contribution in [2.45, 2.75) is 39.3 Å². The summed E-state index contributed by atoms with van der Waals surface area (Å²) in [4.78, 5) is 25.7. The highest BCUT2D eigenvalue weighted by Gasteiger charge is 2.33. The topological polar surface area (TPSA) is 61.4 Å². The molecule has 1 aliphatic heterocycles. The van der Waals surface area contributed by atoms with Crippen molar-refractivity contribution in [3.63, 3.8) is 0 Å². The summed E-state index contributed by atoms with van der Waals surface area (Å²) in [5.74, 6) is -0.138. The molecule has 1 saturated heterocycles. The van der Waals surface area contributed by atoms with Gasteiger partial charge in [0.15, 0.2) is 0 Å². The second kappa shape index (κ2) is 5.85. The molecule has 1 heterocycles. The fourth-order valence-electron chi connectivity index (χ4n) is 2.54. The average molecular weight is 289 g/mol. The standard InChI is InChI=1S/C16H23N3O2/c1-11-9-17-16(3,4)10-19(11)15(21)13-6-5-7-14(8-13)18-12(2)20/h5-8,11,17H,9-10H2,1-4H3,(H,18,20). The van der Waals surface area contributed by atoms with E-state index in [1.165, 1.54) is 6.92 Å². The molecule has 0 bridgehead atoms. The molecule has 0 aliphatic carbocycles. The highest BCUT2D eigenvalue weighted by Crippen LogP contribution is 2.19. The molecule has 1 fully saturated rings. The van der Waals surface area contributed by atoms with E-state index in [-0.39, 0.29) is 23.4 Å². The second-order valence-electron chi connectivity index (χ2n) is 6.31. The number of nitrogens with one attached hydrogen (secondary N) is 2. The molecule has 0 radical (unpaired) electrons. The summed E-state index contributed by atoms with van der Waals surface area (Å²) in [6, 6.07) is 7.23. The van der Waals surface area contributed by atoms with Crippen molar-refractivity contribution in [3.05, 3.63) is 29.8 Å². The molecular weight excluding hydrogens is 266 g/mol. The fourth-order valence-corrected chi connectivity index (χ4v) is 2.54. The van der Waals surface area contributed by atoms with Gasteiger partial charge in [-0.2, -0.15) is 0 Å². The lowest BCUT2D eigenvalue weighted by Gasteiger charge is -2.43. The van der Waals surface area contributed by atoms with Crippen LogP contribution in [0.3, 0.4) is 0 Å². The average Bonchev–Trinajstić information content (AvgIpc) is 2.40. The number of carbonyl (C=O) groups excluding carboxylic acids is 2. The number of hydrogen-bond acceptors (Lipinski definition) is 3. The zero-order valence-corrected chi connectivity index (χ0v) is 13.1. The van der Waals surface area contributed by atoms with E-state index in [1.54, 1.807) is 24.3 Å². The van der Waals surface area contributed by atoms with E-state index in [9.17, 15) is 9.59 Å². The Balaban J connectivity index is 2.20. The van der Waals surface area contributed by atoms with Gasteiger partial charge in [0, 0.05) is 42.8 Å². The Hall–Kier alpha value is -1.88. The van der Waals surface area contributed by atoms with Crippen LogP contribution in [0.5, 0.6) is 0 Å². The van der Waals surface area contributed by atoms with E-state index in [0.717, 1.165) is 6.54 Å². The summed E-state index contributed by atoms with van der Waals surface area (Å²) in [6.07, 6.45) is 0. The minimum Gasteiger partial charge on any atom is -0.333 e. The maximum absolute atomic E-state index is 12.7. The van der Waals surface area contributed by atoms with E-state index in [0.29, 0.717) is 17.8 Å². The Morgan fingerprint density at radius 1 is 1.38 bits per heavy atom. The van der Waals surface area contributed by atoms with Gasteiger partial charge in [-0.05, 0) is 39.0 Å². The van der Waals surface area contributed by atoms with Gasteiger partial charge in [-0.15, -0.1) is 0 Å². The van der Waals surface area contributed by atoms with Crippen LogP contribution >= 0.6 is 0 Å². The van der Waals surface area contributed by atoms with Gasteiger partial charge in [0.1, 0.15) is 0 Å². The summed E-state index contributed by atoms with van der Waals surface area (Å²) >= 11 is 0. The maximum atomic E-state index is 12.7. The number of amides is 2. The first-order valence-electron chi connectivity index (χ1n) is 7.22. The Kier molecular flexibility index (Phi) is 4.32. The van der Waals surface area contributed by atoms with E-state index >= 15 is 0 Å². The lowest BCUT2D eigenvalue weighted by atomic mass is 9.98. The molecule has 1 aliphatic rings. The molecule has 2 N–H and O–H groups in total. The number of piperazine rings is 1. The largest absolute Gasteiger partial charge is 0.333 e. The number of benzene rings is 1. The van der Waals surface area contributed by atoms with E-state index < -0.39 is 0 Å². The summed E-state index contributed by atoms with van der Waals surface area (Å²) < 4.78 is 0. The molecule has 1 aromatic carbocycles. The van der Waals surface area contributed by atoms with Crippen LogP contribution in [0.1, 0.15) is 38.1 Å². The third-order valence-corrected chi connectivity index (χ3v) is 3.66. The van der Waals surface area contributed by atoms with Crippen LogP contribution in [0, 0.1) is 0 Å². The van der Waals surface area contributed by atoms with Crippen molar-refractivity contribution in [2.24, 2.45) is 0 Å². The molecule has 21 heavy (non-hydrogen) atoms. The Bertz CT molecular complexity index is 554. The maximum Gasteiger partial charge on any atom is 0.254 e. The van der Waals surface area contributed by atoms with Gasteiger partial charge in [-0.25, -0.2) is 0 Å². The van der Waals surface area contributed by atoms with Crippen molar-refractivity contribution in [1.29, 1.82) is 0 Å². The zero-order chi connectivity index (χ0) is 15.6. The number of rotatable bonds is 2. The third kappa shape index (κ3) is 3.82. The first-order chi connectivity index (χ1) is 9.78. The van der Waals surface area contributed by atoms with Gasteiger partial charge >= 0.3 is 0 Å². The summed E-state index contributed by atoms with van der Waals surface area (Å²) in [5, 5.41) is 6.14.